The van der Waals surface area contributed by atoms with Gasteiger partial charge in [-0.15, -0.1) is 11.3 Å². The number of halogens is 3. The Labute approximate surface area is 152 Å². The van der Waals surface area contributed by atoms with Crippen molar-refractivity contribution >= 4 is 46.1 Å². The fraction of sp³-hybridized carbons (Fsp3) is 0.0588. The average molecular weight is 381 g/mol. The molecule has 7 heteroatoms. The normalized spacial score (nSPS) is 10.6. The first-order chi connectivity index (χ1) is 11.5. The third-order valence-corrected chi connectivity index (χ3v) is 4.76. The van der Waals surface area contributed by atoms with Crippen LogP contribution in [0.2, 0.25) is 10.0 Å². The first-order valence-electron chi connectivity index (χ1n) is 6.97. The van der Waals surface area contributed by atoms with Crippen LogP contribution in [0.15, 0.2) is 47.8 Å². The van der Waals surface area contributed by atoms with Crippen molar-refractivity contribution < 1.29 is 9.18 Å². The summed E-state index contributed by atoms with van der Waals surface area (Å²) in [4.78, 5) is 16.5. The van der Waals surface area contributed by atoms with Crippen molar-refractivity contribution in [3.8, 4) is 10.6 Å². The minimum Gasteiger partial charge on any atom is -0.326 e. The highest BCUT2D eigenvalue weighted by Crippen LogP contribution is 2.30. The highest BCUT2D eigenvalue weighted by atomic mass is 35.5. The molecule has 0 fully saturated rings. The van der Waals surface area contributed by atoms with Gasteiger partial charge in [0, 0.05) is 16.6 Å². The second-order valence-corrected chi connectivity index (χ2v) is 6.65. The van der Waals surface area contributed by atoms with E-state index in [0.29, 0.717) is 16.4 Å². The molecule has 1 amide bonds. The lowest BCUT2D eigenvalue weighted by Crippen LogP contribution is -2.14. The minimum absolute atomic E-state index is 0.0110. The molecule has 0 saturated heterocycles. The molecule has 0 radical (unpaired) electrons. The highest BCUT2D eigenvalue weighted by molar-refractivity contribution is 7.13. The molecule has 0 aliphatic rings. The number of hydrogen-bond donors (Lipinski definition) is 1. The highest BCUT2D eigenvalue weighted by Gasteiger charge is 2.12. The largest absolute Gasteiger partial charge is 0.326 e. The second kappa shape index (κ2) is 7.30. The van der Waals surface area contributed by atoms with Gasteiger partial charge in [0.25, 0.3) is 0 Å². The standard InChI is InChI=1S/C17H11Cl2FN2OS/c18-13-4-2-1-3-12(13)17-22-11(9-24-17)8-16(23)21-10-5-6-14(19)15(20)7-10/h1-7,9H,8H2,(H,21,23). The predicted octanol–water partition coefficient (Wildman–Crippen LogP) is 5.44. The van der Waals surface area contributed by atoms with Crippen LogP contribution >= 0.6 is 34.5 Å². The monoisotopic (exact) mass is 380 g/mol. The van der Waals surface area contributed by atoms with Crippen molar-refractivity contribution in [2.24, 2.45) is 0 Å². The minimum atomic E-state index is -0.580. The number of benzene rings is 2. The van der Waals surface area contributed by atoms with Gasteiger partial charge < -0.3 is 5.32 Å². The van der Waals surface area contributed by atoms with Gasteiger partial charge in [-0.25, -0.2) is 9.37 Å². The van der Waals surface area contributed by atoms with Crippen molar-refractivity contribution in [3.63, 3.8) is 0 Å². The Kier molecular flexibility index (Phi) is 5.14. The molecule has 1 heterocycles. The van der Waals surface area contributed by atoms with Gasteiger partial charge in [0.15, 0.2) is 0 Å². The van der Waals surface area contributed by atoms with Gasteiger partial charge in [-0.1, -0.05) is 41.4 Å². The van der Waals surface area contributed by atoms with Gasteiger partial charge in [0.2, 0.25) is 5.91 Å². The van der Waals surface area contributed by atoms with E-state index >= 15 is 0 Å². The fourth-order valence-corrected chi connectivity index (χ4v) is 3.35. The summed E-state index contributed by atoms with van der Waals surface area (Å²) in [6, 6.07) is 11.5. The summed E-state index contributed by atoms with van der Waals surface area (Å²) in [5.74, 6) is -0.864. The molecule has 122 valence electrons. The lowest BCUT2D eigenvalue weighted by molar-refractivity contribution is -0.115. The van der Waals surface area contributed by atoms with Gasteiger partial charge >= 0.3 is 0 Å². The first-order valence-corrected chi connectivity index (χ1v) is 8.60. The van der Waals surface area contributed by atoms with Gasteiger partial charge in [0.05, 0.1) is 22.2 Å². The summed E-state index contributed by atoms with van der Waals surface area (Å²) < 4.78 is 13.4. The first kappa shape index (κ1) is 16.9. The predicted molar refractivity (Wildman–Crippen MR) is 96.3 cm³/mol. The second-order valence-electron chi connectivity index (χ2n) is 4.98. The van der Waals surface area contributed by atoms with Gasteiger partial charge in [0.1, 0.15) is 10.8 Å². The molecule has 1 aromatic heterocycles. The Morgan fingerprint density at radius 3 is 2.71 bits per heavy atom. The average Bonchev–Trinajstić information content (AvgIpc) is 2.99. The van der Waals surface area contributed by atoms with Crippen LogP contribution in [-0.2, 0) is 11.2 Å². The lowest BCUT2D eigenvalue weighted by Gasteiger charge is -2.04. The summed E-state index contributed by atoms with van der Waals surface area (Å²) in [6.45, 7) is 0. The van der Waals surface area contributed by atoms with E-state index in [4.69, 9.17) is 23.2 Å². The molecule has 0 unspecified atom stereocenters. The molecular weight excluding hydrogens is 370 g/mol. The molecule has 0 spiro atoms. The molecule has 1 N–H and O–H groups in total. The molecule has 0 aliphatic carbocycles. The van der Waals surface area contributed by atoms with Crippen molar-refractivity contribution in [3.05, 3.63) is 69.4 Å². The molecule has 0 bridgehead atoms. The number of carbonyl (C=O) groups excluding carboxylic acids is 1. The molecule has 0 atom stereocenters. The smallest absolute Gasteiger partial charge is 0.230 e. The van der Waals surface area contributed by atoms with Crippen LogP contribution in [-0.4, -0.2) is 10.9 Å². The Bertz CT molecular complexity index is 898. The molecule has 0 saturated carbocycles. The van der Waals surface area contributed by atoms with Crippen LogP contribution in [0, 0.1) is 5.82 Å². The van der Waals surface area contributed by atoms with E-state index in [0.717, 1.165) is 10.6 Å². The Hall–Kier alpha value is -1.95. The number of aromatic nitrogens is 1. The SMILES string of the molecule is O=C(Cc1csc(-c2ccccc2Cl)n1)Nc1ccc(Cl)c(F)c1. The van der Waals surface area contributed by atoms with E-state index in [1.807, 2.05) is 18.2 Å². The topological polar surface area (TPSA) is 42.0 Å². The lowest BCUT2D eigenvalue weighted by atomic mass is 10.2. The maximum atomic E-state index is 13.4. The summed E-state index contributed by atoms with van der Waals surface area (Å²) in [5.41, 5.74) is 1.81. The van der Waals surface area contributed by atoms with Crippen LogP contribution < -0.4 is 5.32 Å². The molecule has 0 aliphatic heterocycles. The third-order valence-electron chi connectivity index (χ3n) is 3.20. The maximum absolute atomic E-state index is 13.4. The number of anilines is 1. The Morgan fingerprint density at radius 1 is 1.17 bits per heavy atom. The van der Waals surface area contributed by atoms with Crippen LogP contribution in [0.25, 0.3) is 10.6 Å². The van der Waals surface area contributed by atoms with E-state index in [-0.39, 0.29) is 17.4 Å². The summed E-state index contributed by atoms with van der Waals surface area (Å²) in [6.07, 6.45) is 0.0885. The zero-order chi connectivity index (χ0) is 17.1. The Balaban J connectivity index is 1.69. The Morgan fingerprint density at radius 2 is 1.96 bits per heavy atom. The van der Waals surface area contributed by atoms with Crippen LogP contribution in [0.1, 0.15) is 5.69 Å². The van der Waals surface area contributed by atoms with E-state index in [1.54, 1.807) is 17.5 Å². The fourth-order valence-electron chi connectivity index (χ4n) is 2.09. The number of rotatable bonds is 4. The van der Waals surface area contributed by atoms with Crippen LogP contribution in [0.4, 0.5) is 10.1 Å². The number of thiazole rings is 1. The van der Waals surface area contributed by atoms with Gasteiger partial charge in [-0.2, -0.15) is 0 Å². The van der Waals surface area contributed by atoms with Crippen molar-refractivity contribution in [1.29, 1.82) is 0 Å². The molecule has 2 aromatic carbocycles. The molecule has 24 heavy (non-hydrogen) atoms. The molecule has 3 nitrogen and oxygen atoms in total. The van der Waals surface area contributed by atoms with Crippen molar-refractivity contribution in [2.45, 2.75) is 6.42 Å². The van der Waals surface area contributed by atoms with Gasteiger partial charge in [-0.05, 0) is 24.3 Å². The van der Waals surface area contributed by atoms with Crippen molar-refractivity contribution in [1.82, 2.24) is 4.98 Å². The van der Waals surface area contributed by atoms with E-state index < -0.39 is 5.82 Å². The molecule has 3 aromatic rings. The summed E-state index contributed by atoms with van der Waals surface area (Å²) in [7, 11) is 0. The van der Waals surface area contributed by atoms with E-state index in [9.17, 15) is 9.18 Å². The molecular formula is C17H11Cl2FN2OS. The molecule has 3 rings (SSSR count). The number of nitrogens with zero attached hydrogens (tertiary/aromatic N) is 1. The van der Waals surface area contributed by atoms with Crippen LogP contribution in [0.3, 0.4) is 0 Å². The number of carbonyl (C=O) groups is 1. The van der Waals surface area contributed by atoms with Crippen LogP contribution in [0.5, 0.6) is 0 Å². The van der Waals surface area contributed by atoms with Gasteiger partial charge in [-0.3, -0.25) is 4.79 Å². The van der Waals surface area contributed by atoms with Crippen molar-refractivity contribution in [2.75, 3.05) is 5.32 Å². The summed E-state index contributed by atoms with van der Waals surface area (Å²) in [5, 5.41) is 5.80. The zero-order valence-corrected chi connectivity index (χ0v) is 14.6. The van der Waals surface area contributed by atoms with E-state index in [1.165, 1.54) is 23.5 Å². The third kappa shape index (κ3) is 3.93. The summed E-state index contributed by atoms with van der Waals surface area (Å²) >= 11 is 13.2. The van der Waals surface area contributed by atoms with E-state index in [2.05, 4.69) is 10.3 Å². The number of hydrogen-bond acceptors (Lipinski definition) is 3. The maximum Gasteiger partial charge on any atom is 0.230 e. The number of nitrogens with one attached hydrogen (secondary N) is 1. The number of amides is 1. The quantitative estimate of drug-likeness (QED) is 0.654. The zero-order valence-electron chi connectivity index (χ0n) is 12.2.